The standard InChI is InChI=1S/C31H32O4/c1-4-20-33-35-29-17-12-26(13-18-29)30-19-14-27(21-22(30)3)25-8-6-23(7-9-25)24-10-15-28(16-11-24)34-31(32)5-2/h4-5,10-19,21,23,25H,1-2,6-9,20H2,3H3. The maximum absolute atomic E-state index is 11.4. The van der Waals surface area contributed by atoms with Crippen molar-refractivity contribution in [2.75, 3.05) is 6.61 Å². The molecule has 1 fully saturated rings. The molecule has 0 N–H and O–H groups in total. The number of hydrogen-bond acceptors (Lipinski definition) is 4. The monoisotopic (exact) mass is 468 g/mol. The van der Waals surface area contributed by atoms with Gasteiger partial charge in [-0.2, -0.15) is 4.89 Å². The number of hydrogen-bond donors (Lipinski definition) is 0. The average Bonchev–Trinajstić information content (AvgIpc) is 2.90. The van der Waals surface area contributed by atoms with Crippen LogP contribution in [0.1, 0.15) is 54.2 Å². The third-order valence-electron chi connectivity index (χ3n) is 6.69. The molecule has 3 aromatic carbocycles. The van der Waals surface area contributed by atoms with Crippen LogP contribution in [0.25, 0.3) is 11.1 Å². The van der Waals surface area contributed by atoms with Crippen LogP contribution >= 0.6 is 0 Å². The zero-order valence-electron chi connectivity index (χ0n) is 20.2. The van der Waals surface area contributed by atoms with E-state index in [0.717, 1.165) is 18.4 Å². The minimum absolute atomic E-state index is 0.351. The summed E-state index contributed by atoms with van der Waals surface area (Å²) >= 11 is 0. The van der Waals surface area contributed by atoms with Crippen molar-refractivity contribution in [2.45, 2.75) is 44.4 Å². The van der Waals surface area contributed by atoms with Crippen LogP contribution in [0.4, 0.5) is 0 Å². The van der Waals surface area contributed by atoms with Crippen LogP contribution in [-0.2, 0) is 9.68 Å². The molecule has 0 aromatic heterocycles. The van der Waals surface area contributed by atoms with E-state index >= 15 is 0 Å². The fraction of sp³-hybridized carbons (Fsp3) is 0.258. The third kappa shape index (κ3) is 6.28. The molecule has 0 amide bonds. The Morgan fingerprint density at radius 1 is 0.857 bits per heavy atom. The molecule has 0 aliphatic heterocycles. The predicted molar refractivity (Wildman–Crippen MR) is 140 cm³/mol. The van der Waals surface area contributed by atoms with E-state index in [2.05, 4.69) is 62.5 Å². The van der Waals surface area contributed by atoms with Crippen molar-refractivity contribution in [3.05, 3.63) is 109 Å². The van der Waals surface area contributed by atoms with Gasteiger partial charge >= 0.3 is 5.97 Å². The molecule has 180 valence electrons. The van der Waals surface area contributed by atoms with Gasteiger partial charge in [0.05, 0.1) is 0 Å². The first-order valence-electron chi connectivity index (χ1n) is 12.1. The second kappa shape index (κ2) is 11.7. The van der Waals surface area contributed by atoms with Crippen LogP contribution in [0.15, 0.2) is 92.0 Å². The first kappa shape index (κ1) is 24.5. The lowest BCUT2D eigenvalue weighted by atomic mass is 9.76. The summed E-state index contributed by atoms with van der Waals surface area (Å²) in [5.74, 6) is 1.94. The summed E-state index contributed by atoms with van der Waals surface area (Å²) in [7, 11) is 0. The SMILES string of the molecule is C=CCOOc1ccc(-c2ccc(C3CCC(c4ccc(OC(=O)C=C)cc4)CC3)cc2C)cc1. The highest BCUT2D eigenvalue weighted by Gasteiger charge is 2.24. The highest BCUT2D eigenvalue weighted by Crippen LogP contribution is 2.41. The van der Waals surface area contributed by atoms with Crippen molar-refractivity contribution in [3.63, 3.8) is 0 Å². The summed E-state index contributed by atoms with van der Waals surface area (Å²) in [6, 6.07) is 22.7. The molecule has 4 rings (SSSR count). The van der Waals surface area contributed by atoms with Gasteiger partial charge in [-0.1, -0.05) is 55.1 Å². The Kier molecular flexibility index (Phi) is 8.17. The van der Waals surface area contributed by atoms with E-state index in [0.29, 0.717) is 29.9 Å². The molecule has 0 bridgehead atoms. The maximum atomic E-state index is 11.4. The number of carbonyl (C=O) groups excluding carboxylic acids is 1. The van der Waals surface area contributed by atoms with Gasteiger partial charge in [0.1, 0.15) is 12.4 Å². The van der Waals surface area contributed by atoms with Gasteiger partial charge in [-0.25, -0.2) is 4.79 Å². The molecule has 4 nitrogen and oxygen atoms in total. The van der Waals surface area contributed by atoms with Gasteiger partial charge in [-0.3, -0.25) is 0 Å². The van der Waals surface area contributed by atoms with Crippen LogP contribution in [0.3, 0.4) is 0 Å². The van der Waals surface area contributed by atoms with Crippen molar-refractivity contribution in [1.82, 2.24) is 0 Å². The fourth-order valence-corrected chi connectivity index (χ4v) is 4.83. The van der Waals surface area contributed by atoms with E-state index in [9.17, 15) is 4.79 Å². The quantitative estimate of drug-likeness (QED) is 0.0614. The molecule has 35 heavy (non-hydrogen) atoms. The topological polar surface area (TPSA) is 44.8 Å². The Labute approximate surface area is 207 Å². The lowest BCUT2D eigenvalue weighted by Gasteiger charge is -2.29. The Bertz CT molecular complexity index is 1150. The number of benzene rings is 3. The highest BCUT2D eigenvalue weighted by atomic mass is 17.2. The van der Waals surface area contributed by atoms with Crippen molar-refractivity contribution in [2.24, 2.45) is 0 Å². The molecule has 4 heteroatoms. The number of ether oxygens (including phenoxy) is 1. The van der Waals surface area contributed by atoms with Gasteiger partial charge in [0.15, 0.2) is 5.75 Å². The summed E-state index contributed by atoms with van der Waals surface area (Å²) in [6.07, 6.45) is 7.49. The first-order valence-corrected chi connectivity index (χ1v) is 12.1. The van der Waals surface area contributed by atoms with Crippen molar-refractivity contribution >= 4 is 5.97 Å². The van der Waals surface area contributed by atoms with Crippen molar-refractivity contribution < 1.29 is 19.3 Å². The van der Waals surface area contributed by atoms with Crippen LogP contribution < -0.4 is 9.62 Å². The molecular weight excluding hydrogens is 436 g/mol. The number of carbonyl (C=O) groups is 1. The van der Waals surface area contributed by atoms with E-state index in [4.69, 9.17) is 14.5 Å². The molecule has 0 spiro atoms. The predicted octanol–water partition coefficient (Wildman–Crippen LogP) is 7.69. The molecular formula is C31H32O4. The smallest absolute Gasteiger partial charge is 0.335 e. The Morgan fingerprint density at radius 2 is 1.46 bits per heavy atom. The van der Waals surface area contributed by atoms with E-state index in [1.807, 2.05) is 24.3 Å². The van der Waals surface area contributed by atoms with Gasteiger partial charge in [0.25, 0.3) is 0 Å². The number of rotatable bonds is 9. The van der Waals surface area contributed by atoms with Crippen LogP contribution in [-0.4, -0.2) is 12.6 Å². The first-order chi connectivity index (χ1) is 17.1. The van der Waals surface area contributed by atoms with E-state index < -0.39 is 5.97 Å². The summed E-state index contributed by atoms with van der Waals surface area (Å²) < 4.78 is 5.19. The number of aryl methyl sites for hydroxylation is 1. The third-order valence-corrected chi connectivity index (χ3v) is 6.69. The molecule has 1 saturated carbocycles. The largest absolute Gasteiger partial charge is 0.423 e. The Hall–Kier alpha value is -3.63. The zero-order chi connectivity index (χ0) is 24.6. The summed E-state index contributed by atoms with van der Waals surface area (Å²) in [4.78, 5) is 21.6. The van der Waals surface area contributed by atoms with Crippen LogP contribution in [0.5, 0.6) is 11.5 Å². The van der Waals surface area contributed by atoms with Crippen LogP contribution in [0, 0.1) is 6.92 Å². The van der Waals surface area contributed by atoms with Gasteiger partial charge in [0.2, 0.25) is 0 Å². The Balaban J connectivity index is 1.35. The van der Waals surface area contributed by atoms with E-state index in [1.165, 1.54) is 41.2 Å². The molecule has 3 aromatic rings. The van der Waals surface area contributed by atoms with E-state index in [1.54, 1.807) is 6.08 Å². The van der Waals surface area contributed by atoms with E-state index in [-0.39, 0.29) is 0 Å². The summed E-state index contributed by atoms with van der Waals surface area (Å²) in [5.41, 5.74) is 6.42. The minimum Gasteiger partial charge on any atom is -0.423 e. The summed E-state index contributed by atoms with van der Waals surface area (Å²) in [6.45, 7) is 9.57. The second-order valence-corrected chi connectivity index (χ2v) is 9.00. The molecule has 1 aliphatic carbocycles. The van der Waals surface area contributed by atoms with Crippen molar-refractivity contribution in [1.29, 1.82) is 0 Å². The molecule has 0 heterocycles. The maximum Gasteiger partial charge on any atom is 0.335 e. The lowest BCUT2D eigenvalue weighted by Crippen LogP contribution is -2.12. The van der Waals surface area contributed by atoms with Crippen LogP contribution in [0.2, 0.25) is 0 Å². The minimum atomic E-state index is -0.431. The van der Waals surface area contributed by atoms with Crippen molar-refractivity contribution in [3.8, 4) is 22.6 Å². The molecule has 0 saturated heterocycles. The Morgan fingerprint density at radius 3 is 2.06 bits per heavy atom. The second-order valence-electron chi connectivity index (χ2n) is 9.00. The molecule has 0 radical (unpaired) electrons. The number of esters is 1. The van der Waals surface area contributed by atoms with Gasteiger partial charge < -0.3 is 9.62 Å². The highest BCUT2D eigenvalue weighted by molar-refractivity contribution is 5.83. The normalized spacial score (nSPS) is 17.4. The molecule has 0 atom stereocenters. The fourth-order valence-electron chi connectivity index (χ4n) is 4.83. The molecule has 1 aliphatic rings. The van der Waals surface area contributed by atoms with Gasteiger partial charge in [-0.15, -0.1) is 6.58 Å². The zero-order valence-corrected chi connectivity index (χ0v) is 20.2. The summed E-state index contributed by atoms with van der Waals surface area (Å²) in [5, 5.41) is 0. The lowest BCUT2D eigenvalue weighted by molar-refractivity contribution is -0.195. The molecule has 0 unspecified atom stereocenters. The van der Waals surface area contributed by atoms with Gasteiger partial charge in [0, 0.05) is 6.08 Å². The average molecular weight is 469 g/mol. The van der Waals surface area contributed by atoms with Gasteiger partial charge in [-0.05, 0) is 96.5 Å².